The van der Waals surface area contributed by atoms with Crippen molar-refractivity contribution < 1.29 is 23.6 Å². The number of carbonyl (C=O) groups is 1. The molecular weight excluding hydrogens is 313 g/mol. The van der Waals surface area contributed by atoms with Gasteiger partial charge in [0, 0.05) is 0 Å². The van der Waals surface area contributed by atoms with Gasteiger partial charge in [-0.05, 0) is 22.0 Å². The molecule has 1 aromatic rings. The van der Waals surface area contributed by atoms with Gasteiger partial charge in [0.25, 0.3) is 0 Å². The van der Waals surface area contributed by atoms with Crippen molar-refractivity contribution in [2.45, 2.75) is 6.42 Å². The van der Waals surface area contributed by atoms with E-state index < -0.39 is 22.4 Å². The quantitative estimate of drug-likeness (QED) is 0.473. The molecule has 8 heteroatoms. The molecule has 0 bridgehead atoms. The van der Waals surface area contributed by atoms with Crippen LogP contribution in [0.4, 0.5) is 10.1 Å². The summed E-state index contributed by atoms with van der Waals surface area (Å²) in [5, 5.41) is 10.7. The van der Waals surface area contributed by atoms with Gasteiger partial charge >= 0.3 is 11.7 Å². The third-order valence-electron chi connectivity index (χ3n) is 1.97. The second-order valence-electron chi connectivity index (χ2n) is 3.17. The van der Waals surface area contributed by atoms with Crippen LogP contribution in [0.5, 0.6) is 5.75 Å². The highest BCUT2D eigenvalue weighted by atomic mass is 79.9. The summed E-state index contributed by atoms with van der Waals surface area (Å²) >= 11 is 2.96. The molecule has 0 fully saturated rings. The van der Waals surface area contributed by atoms with Crippen LogP contribution in [0.15, 0.2) is 16.6 Å². The summed E-state index contributed by atoms with van der Waals surface area (Å²) in [6.07, 6.45) is -0.0581. The maximum absolute atomic E-state index is 13.0. The Kier molecular flexibility index (Phi) is 5.02. The lowest BCUT2D eigenvalue weighted by Crippen LogP contribution is -2.08. The van der Waals surface area contributed by atoms with Gasteiger partial charge in [-0.2, -0.15) is 0 Å². The van der Waals surface area contributed by atoms with Crippen LogP contribution in [-0.4, -0.2) is 24.6 Å². The summed E-state index contributed by atoms with van der Waals surface area (Å²) in [6, 6.07) is 1.79. The zero-order chi connectivity index (χ0) is 13.7. The largest absolute Gasteiger partial charge is 0.485 e. The Morgan fingerprint density at radius 1 is 1.56 bits per heavy atom. The van der Waals surface area contributed by atoms with Crippen molar-refractivity contribution in [1.29, 1.82) is 0 Å². The first-order valence-electron chi connectivity index (χ1n) is 4.78. The number of ether oxygens (including phenoxy) is 2. The van der Waals surface area contributed by atoms with Crippen molar-refractivity contribution in [3.63, 3.8) is 0 Å². The van der Waals surface area contributed by atoms with Gasteiger partial charge in [0.15, 0.2) is 0 Å². The van der Waals surface area contributed by atoms with E-state index in [0.717, 1.165) is 12.1 Å². The van der Waals surface area contributed by atoms with Crippen LogP contribution in [0, 0.1) is 15.9 Å². The van der Waals surface area contributed by atoms with Crippen LogP contribution >= 0.6 is 15.9 Å². The first-order chi connectivity index (χ1) is 8.45. The maximum atomic E-state index is 13.0. The number of rotatable bonds is 5. The van der Waals surface area contributed by atoms with E-state index in [0.29, 0.717) is 0 Å². The van der Waals surface area contributed by atoms with E-state index in [2.05, 4.69) is 20.7 Å². The summed E-state index contributed by atoms with van der Waals surface area (Å²) in [7, 11) is 1.22. The topological polar surface area (TPSA) is 78.7 Å². The number of nitrogens with zero attached hydrogens (tertiary/aromatic N) is 1. The molecule has 0 aliphatic rings. The highest BCUT2D eigenvalue weighted by Gasteiger charge is 2.20. The average molecular weight is 322 g/mol. The van der Waals surface area contributed by atoms with Crippen LogP contribution < -0.4 is 4.74 Å². The normalized spacial score (nSPS) is 9.94. The lowest BCUT2D eigenvalue weighted by molar-refractivity contribution is -0.386. The molecule has 0 aliphatic carbocycles. The number of hydrogen-bond acceptors (Lipinski definition) is 5. The van der Waals surface area contributed by atoms with Crippen molar-refractivity contribution in [2.24, 2.45) is 0 Å². The molecule has 0 amide bonds. The van der Waals surface area contributed by atoms with E-state index in [1.54, 1.807) is 0 Å². The van der Waals surface area contributed by atoms with Gasteiger partial charge in [-0.3, -0.25) is 14.9 Å². The molecule has 18 heavy (non-hydrogen) atoms. The van der Waals surface area contributed by atoms with Gasteiger partial charge in [-0.1, -0.05) is 0 Å². The van der Waals surface area contributed by atoms with E-state index in [-0.39, 0.29) is 23.2 Å². The summed E-state index contributed by atoms with van der Waals surface area (Å²) < 4.78 is 22.6. The van der Waals surface area contributed by atoms with Crippen LogP contribution in [0.3, 0.4) is 0 Å². The number of nitro groups is 1. The molecule has 0 aliphatic heterocycles. The lowest BCUT2D eigenvalue weighted by atomic mass is 10.3. The van der Waals surface area contributed by atoms with Gasteiger partial charge in [0.2, 0.25) is 5.75 Å². The molecule has 0 radical (unpaired) electrons. The second-order valence-corrected chi connectivity index (χ2v) is 4.02. The van der Waals surface area contributed by atoms with Crippen molar-refractivity contribution in [1.82, 2.24) is 0 Å². The predicted octanol–water partition coefficient (Wildman–Crippen LogP) is 2.44. The molecule has 0 heterocycles. The molecule has 0 saturated heterocycles. The van der Waals surface area contributed by atoms with Crippen molar-refractivity contribution >= 4 is 27.6 Å². The molecule has 0 unspecified atom stereocenters. The molecular formula is C10H9BrFNO5. The fraction of sp³-hybridized carbons (Fsp3) is 0.300. The van der Waals surface area contributed by atoms with Crippen molar-refractivity contribution in [3.05, 3.63) is 32.5 Å². The Hall–Kier alpha value is -1.70. The van der Waals surface area contributed by atoms with Gasteiger partial charge in [-0.15, -0.1) is 0 Å². The zero-order valence-corrected chi connectivity index (χ0v) is 10.9. The SMILES string of the molecule is COC(=O)CCOc1c(Br)cc(F)cc1[N+](=O)[O-]. The fourth-order valence-electron chi connectivity index (χ4n) is 1.16. The molecule has 6 nitrogen and oxygen atoms in total. The number of nitro benzene ring substituents is 1. The molecule has 0 N–H and O–H groups in total. The molecule has 98 valence electrons. The number of methoxy groups -OCH3 is 1. The highest BCUT2D eigenvalue weighted by molar-refractivity contribution is 9.10. The molecule has 0 spiro atoms. The standard InChI is InChI=1S/C10H9BrFNO5/c1-17-9(14)2-3-18-10-7(11)4-6(12)5-8(10)13(15)16/h4-5H,2-3H2,1H3. The van der Waals surface area contributed by atoms with E-state index >= 15 is 0 Å². The molecule has 1 rings (SSSR count). The van der Waals surface area contributed by atoms with Crippen molar-refractivity contribution in [3.8, 4) is 5.75 Å². The number of halogens is 2. The van der Waals surface area contributed by atoms with Crippen LogP contribution in [0.25, 0.3) is 0 Å². The van der Waals surface area contributed by atoms with Crippen LogP contribution in [0.2, 0.25) is 0 Å². The van der Waals surface area contributed by atoms with E-state index in [1.807, 2.05) is 0 Å². The van der Waals surface area contributed by atoms with Gasteiger partial charge in [0.1, 0.15) is 5.82 Å². The Labute approximate surface area is 110 Å². The van der Waals surface area contributed by atoms with E-state index in [9.17, 15) is 19.3 Å². The van der Waals surface area contributed by atoms with E-state index in [4.69, 9.17) is 4.74 Å². The summed E-state index contributed by atoms with van der Waals surface area (Å²) in [5.74, 6) is -1.38. The molecule has 0 atom stereocenters. The van der Waals surface area contributed by atoms with E-state index in [1.165, 1.54) is 7.11 Å². The number of esters is 1. The van der Waals surface area contributed by atoms with Crippen LogP contribution in [0.1, 0.15) is 6.42 Å². The summed E-state index contributed by atoms with van der Waals surface area (Å²) in [6.45, 7) is -0.0995. The third kappa shape index (κ3) is 3.66. The Morgan fingerprint density at radius 3 is 2.78 bits per heavy atom. The second kappa shape index (κ2) is 6.29. The lowest BCUT2D eigenvalue weighted by Gasteiger charge is -2.08. The van der Waals surface area contributed by atoms with Crippen molar-refractivity contribution in [2.75, 3.05) is 13.7 Å². The molecule has 0 saturated carbocycles. The highest BCUT2D eigenvalue weighted by Crippen LogP contribution is 2.35. The van der Waals surface area contributed by atoms with Crippen LogP contribution in [-0.2, 0) is 9.53 Å². The number of hydrogen-bond donors (Lipinski definition) is 0. The Balaban J connectivity index is 2.87. The Bertz CT molecular complexity index is 480. The first kappa shape index (κ1) is 14.4. The smallest absolute Gasteiger partial charge is 0.315 e. The first-order valence-corrected chi connectivity index (χ1v) is 5.58. The van der Waals surface area contributed by atoms with Gasteiger partial charge in [0.05, 0.1) is 35.6 Å². The predicted molar refractivity (Wildman–Crippen MR) is 62.9 cm³/mol. The maximum Gasteiger partial charge on any atom is 0.315 e. The number of benzene rings is 1. The van der Waals surface area contributed by atoms with Gasteiger partial charge < -0.3 is 9.47 Å². The minimum absolute atomic E-state index is 0.0581. The zero-order valence-electron chi connectivity index (χ0n) is 9.31. The Morgan fingerprint density at radius 2 is 2.22 bits per heavy atom. The summed E-state index contributed by atoms with van der Waals surface area (Å²) in [4.78, 5) is 20.8. The number of carbonyl (C=O) groups excluding carboxylic acids is 1. The third-order valence-corrected chi connectivity index (χ3v) is 2.55. The molecule has 1 aromatic carbocycles. The fourth-order valence-corrected chi connectivity index (χ4v) is 1.70. The van der Waals surface area contributed by atoms with Gasteiger partial charge in [-0.25, -0.2) is 4.39 Å². The molecule has 0 aromatic heterocycles. The monoisotopic (exact) mass is 321 g/mol. The summed E-state index contributed by atoms with van der Waals surface area (Å²) in [5.41, 5.74) is -0.508. The average Bonchev–Trinajstić information content (AvgIpc) is 2.30. The minimum Gasteiger partial charge on any atom is -0.485 e. The minimum atomic E-state index is -0.763.